The van der Waals surface area contributed by atoms with E-state index in [9.17, 15) is 42.6 Å². The number of hydrogen-bond acceptors (Lipinski definition) is 9. The van der Waals surface area contributed by atoms with Crippen LogP contribution in [0.3, 0.4) is 0 Å². The predicted octanol–water partition coefficient (Wildman–Crippen LogP) is 4.98. The Balaban J connectivity index is 1.86. The SMILES string of the molecule is COc1ccc(COc2cc(C(N)=O)cc([N+](=O)[O-])c2NC(F)C(F)C(F)C(F)Nc2ccccc2[N+](=O)[O-])cc1. The van der Waals surface area contributed by atoms with Gasteiger partial charge >= 0.3 is 0 Å². The first-order chi connectivity index (χ1) is 19.4. The smallest absolute Gasteiger partial charge is 0.297 e. The molecule has 4 atom stereocenters. The van der Waals surface area contributed by atoms with Gasteiger partial charge in [0.15, 0.2) is 23.8 Å². The topological polar surface area (TPSA) is 172 Å². The lowest BCUT2D eigenvalue weighted by molar-refractivity contribution is -0.384. The number of nitrogens with two attached hydrogens (primary N) is 1. The predicted molar refractivity (Wildman–Crippen MR) is 139 cm³/mol. The molecule has 1 amide bonds. The van der Waals surface area contributed by atoms with E-state index < -0.39 is 74.8 Å². The number of rotatable bonds is 14. The number of para-hydroxylation sites is 2. The number of nitro benzene ring substituents is 2. The second kappa shape index (κ2) is 13.3. The molecule has 0 spiro atoms. The maximum Gasteiger partial charge on any atom is 0.297 e. The summed E-state index contributed by atoms with van der Waals surface area (Å²) in [5.74, 6) is -1.09. The van der Waals surface area contributed by atoms with Gasteiger partial charge in [0.2, 0.25) is 18.5 Å². The zero-order chi connectivity index (χ0) is 30.3. The van der Waals surface area contributed by atoms with E-state index in [-0.39, 0.29) is 6.61 Å². The molecule has 0 aliphatic heterocycles. The van der Waals surface area contributed by atoms with E-state index in [1.807, 2.05) is 0 Å². The van der Waals surface area contributed by atoms with Gasteiger partial charge in [-0.25, -0.2) is 17.6 Å². The van der Waals surface area contributed by atoms with E-state index in [0.717, 1.165) is 18.2 Å². The molecule has 0 bridgehead atoms. The first kappa shape index (κ1) is 30.4. The van der Waals surface area contributed by atoms with Crippen molar-refractivity contribution in [3.8, 4) is 11.5 Å². The zero-order valence-electron chi connectivity index (χ0n) is 21.1. The Labute approximate surface area is 229 Å². The van der Waals surface area contributed by atoms with E-state index >= 15 is 0 Å². The number of nitrogens with one attached hydrogen (secondary N) is 2. The minimum Gasteiger partial charge on any atom is -0.497 e. The lowest BCUT2D eigenvalue weighted by atomic mass is 10.1. The Morgan fingerprint density at radius 2 is 1.49 bits per heavy atom. The Morgan fingerprint density at radius 3 is 2.05 bits per heavy atom. The monoisotopic (exact) mass is 581 g/mol. The van der Waals surface area contributed by atoms with Gasteiger partial charge in [-0.1, -0.05) is 24.3 Å². The molecule has 0 aromatic heterocycles. The van der Waals surface area contributed by atoms with E-state index in [1.165, 1.54) is 19.2 Å². The van der Waals surface area contributed by atoms with Crippen LogP contribution in [-0.4, -0.2) is 47.8 Å². The Bertz CT molecular complexity index is 1410. The number of anilines is 2. The molecule has 12 nitrogen and oxygen atoms in total. The lowest BCUT2D eigenvalue weighted by Crippen LogP contribution is -2.41. The summed E-state index contributed by atoms with van der Waals surface area (Å²) >= 11 is 0. The Hall–Kier alpha value is -5.15. The first-order valence-electron chi connectivity index (χ1n) is 11.6. The van der Waals surface area contributed by atoms with E-state index in [1.54, 1.807) is 34.9 Å². The van der Waals surface area contributed by atoms with Crippen LogP contribution < -0.4 is 25.8 Å². The van der Waals surface area contributed by atoms with Gasteiger partial charge in [0.25, 0.3) is 11.4 Å². The third-order valence-electron chi connectivity index (χ3n) is 5.66. The summed E-state index contributed by atoms with van der Waals surface area (Å²) in [5.41, 5.74) is 2.46. The molecule has 3 rings (SSSR count). The maximum atomic E-state index is 15.0. The molecule has 4 N–H and O–H groups in total. The number of hydrogen-bond donors (Lipinski definition) is 3. The number of benzene rings is 3. The van der Waals surface area contributed by atoms with Crippen LogP contribution in [0.1, 0.15) is 15.9 Å². The van der Waals surface area contributed by atoms with Crippen LogP contribution in [0.5, 0.6) is 11.5 Å². The van der Waals surface area contributed by atoms with Crippen LogP contribution >= 0.6 is 0 Å². The van der Waals surface area contributed by atoms with Crippen molar-refractivity contribution >= 4 is 28.7 Å². The van der Waals surface area contributed by atoms with Crippen LogP contribution in [0.2, 0.25) is 0 Å². The normalized spacial score (nSPS) is 13.8. The summed E-state index contributed by atoms with van der Waals surface area (Å²) in [5, 5.41) is 26.4. The molecule has 4 unspecified atom stereocenters. The van der Waals surface area contributed by atoms with Crippen LogP contribution in [0.4, 0.5) is 40.3 Å². The second-order valence-electron chi connectivity index (χ2n) is 8.38. The highest BCUT2D eigenvalue weighted by Crippen LogP contribution is 2.38. The fourth-order valence-electron chi connectivity index (χ4n) is 3.55. The summed E-state index contributed by atoms with van der Waals surface area (Å²) in [6.07, 6.45) is -12.5. The molecule has 3 aromatic carbocycles. The first-order valence-corrected chi connectivity index (χ1v) is 11.6. The molecule has 3 aromatic rings. The number of nitro groups is 2. The molecule has 41 heavy (non-hydrogen) atoms. The molecule has 0 saturated heterocycles. The summed E-state index contributed by atoms with van der Waals surface area (Å²) < 4.78 is 69.4. The molecule has 0 heterocycles. The van der Waals surface area contributed by atoms with Gasteiger partial charge in [-0.05, 0) is 29.8 Å². The van der Waals surface area contributed by atoms with Crippen LogP contribution in [0.15, 0.2) is 60.7 Å². The minimum atomic E-state index is -3.27. The molecular weight excluding hydrogens is 558 g/mol. The molecular formula is C25H23F4N5O7. The molecule has 218 valence electrons. The average Bonchev–Trinajstić information content (AvgIpc) is 2.95. The molecule has 0 aliphatic rings. The van der Waals surface area contributed by atoms with Gasteiger partial charge < -0.3 is 25.8 Å². The van der Waals surface area contributed by atoms with Crippen LogP contribution in [0, 0.1) is 20.2 Å². The molecule has 16 heteroatoms. The zero-order valence-corrected chi connectivity index (χ0v) is 21.1. The van der Waals surface area contributed by atoms with Crippen LogP contribution in [0.25, 0.3) is 0 Å². The summed E-state index contributed by atoms with van der Waals surface area (Å²) in [4.78, 5) is 32.6. The number of alkyl halides is 4. The van der Waals surface area contributed by atoms with Crippen molar-refractivity contribution in [3.05, 3.63) is 92.0 Å². The number of halogens is 4. The van der Waals surface area contributed by atoms with Crippen molar-refractivity contribution in [2.75, 3.05) is 17.7 Å². The van der Waals surface area contributed by atoms with Crippen molar-refractivity contribution in [1.29, 1.82) is 0 Å². The third-order valence-corrected chi connectivity index (χ3v) is 5.66. The number of methoxy groups -OCH3 is 1. The van der Waals surface area contributed by atoms with Gasteiger partial charge in [-0.3, -0.25) is 25.0 Å². The molecule has 0 radical (unpaired) electrons. The number of carbonyl (C=O) groups is 1. The van der Waals surface area contributed by atoms with Crippen LogP contribution in [-0.2, 0) is 6.61 Å². The van der Waals surface area contributed by atoms with Crippen molar-refractivity contribution in [2.45, 2.75) is 31.5 Å². The lowest BCUT2D eigenvalue weighted by Gasteiger charge is -2.23. The summed E-state index contributed by atoms with van der Waals surface area (Å²) in [6, 6.07) is 12.5. The average molecular weight is 581 g/mol. The maximum absolute atomic E-state index is 15.0. The number of ether oxygens (including phenoxy) is 2. The van der Waals surface area contributed by atoms with Crippen molar-refractivity contribution in [3.63, 3.8) is 0 Å². The van der Waals surface area contributed by atoms with Gasteiger partial charge in [0, 0.05) is 17.7 Å². The molecule has 0 aliphatic carbocycles. The number of amides is 1. The van der Waals surface area contributed by atoms with Gasteiger partial charge in [0.1, 0.15) is 18.0 Å². The summed E-state index contributed by atoms with van der Waals surface area (Å²) in [6.45, 7) is -0.272. The van der Waals surface area contributed by atoms with Crippen molar-refractivity contribution in [1.82, 2.24) is 0 Å². The minimum absolute atomic E-state index is 0.272. The van der Waals surface area contributed by atoms with Crippen molar-refractivity contribution < 1.29 is 41.7 Å². The third kappa shape index (κ3) is 7.49. The Kier molecular flexibility index (Phi) is 9.84. The standard InChI is InChI=1S/C25H23F4N5O7/c1-40-15-8-6-13(7-9-15)12-41-19-11-14(25(30)35)10-18(34(38)39)22(19)32-24(29)21(27)20(26)23(28)31-16-4-2-3-5-17(16)33(36)37/h2-11,20-21,23-24,31-32H,12H2,1H3,(H2,30,35). The largest absolute Gasteiger partial charge is 0.497 e. The fourth-order valence-corrected chi connectivity index (χ4v) is 3.55. The molecule has 0 fully saturated rings. The van der Waals surface area contributed by atoms with Gasteiger partial charge in [0.05, 0.1) is 17.0 Å². The quantitative estimate of drug-likeness (QED) is 0.103. The second-order valence-corrected chi connectivity index (χ2v) is 8.38. The molecule has 0 saturated carbocycles. The number of nitrogens with zero attached hydrogens (tertiary/aromatic N) is 2. The number of primary amides is 1. The Morgan fingerprint density at radius 1 is 0.902 bits per heavy atom. The number of carbonyl (C=O) groups excluding carboxylic acids is 1. The van der Waals surface area contributed by atoms with E-state index in [2.05, 4.69) is 0 Å². The summed E-state index contributed by atoms with van der Waals surface area (Å²) in [7, 11) is 1.44. The van der Waals surface area contributed by atoms with Crippen molar-refractivity contribution in [2.24, 2.45) is 5.73 Å². The highest BCUT2D eigenvalue weighted by Gasteiger charge is 2.38. The van der Waals surface area contributed by atoms with E-state index in [4.69, 9.17) is 15.2 Å². The highest BCUT2D eigenvalue weighted by atomic mass is 19.2. The van der Waals surface area contributed by atoms with Gasteiger partial charge in [-0.15, -0.1) is 0 Å². The van der Waals surface area contributed by atoms with E-state index in [0.29, 0.717) is 17.4 Å². The highest BCUT2D eigenvalue weighted by molar-refractivity contribution is 5.95. The fraction of sp³-hybridized carbons (Fsp3) is 0.240. The van der Waals surface area contributed by atoms with Gasteiger partial charge in [-0.2, -0.15) is 0 Å².